The van der Waals surface area contributed by atoms with Gasteiger partial charge in [-0.2, -0.15) is 0 Å². The Labute approximate surface area is 134 Å². The minimum Gasteiger partial charge on any atom is -0.481 e. The number of carbonyl (C=O) groups is 2. The smallest absolute Gasteiger partial charge is 0.310 e. The molecule has 0 aromatic carbocycles. The second-order valence-electron chi connectivity index (χ2n) is 5.67. The van der Waals surface area contributed by atoms with Gasteiger partial charge in [0, 0.05) is 17.8 Å². The van der Waals surface area contributed by atoms with Crippen molar-refractivity contribution in [2.24, 2.45) is 11.3 Å². The van der Waals surface area contributed by atoms with E-state index in [9.17, 15) is 14.7 Å². The van der Waals surface area contributed by atoms with E-state index in [0.29, 0.717) is 17.4 Å². The van der Waals surface area contributed by atoms with Crippen molar-refractivity contribution in [3.05, 3.63) is 21.3 Å². The van der Waals surface area contributed by atoms with Gasteiger partial charge < -0.3 is 10.0 Å². The van der Waals surface area contributed by atoms with Crippen molar-refractivity contribution in [2.75, 3.05) is 6.54 Å². The average molecular weight is 332 g/mol. The lowest BCUT2D eigenvalue weighted by atomic mass is 9.76. The summed E-state index contributed by atoms with van der Waals surface area (Å²) in [7, 11) is 0. The molecule has 0 bridgehead atoms. The van der Waals surface area contributed by atoms with Crippen LogP contribution in [0.5, 0.6) is 0 Å². The van der Waals surface area contributed by atoms with Crippen LogP contribution in [0.15, 0.2) is 12.1 Å². The summed E-state index contributed by atoms with van der Waals surface area (Å²) in [6.07, 6.45) is 0.00689. The van der Waals surface area contributed by atoms with Gasteiger partial charge in [-0.15, -0.1) is 11.3 Å². The van der Waals surface area contributed by atoms with E-state index in [0.717, 1.165) is 4.88 Å². The molecule has 118 valence electrons. The third kappa shape index (κ3) is 4.45. The molecule has 21 heavy (non-hydrogen) atoms. The molecule has 1 aromatic heterocycles. The number of thiophene rings is 1. The molecular formula is C15H22ClNO3S. The molecule has 0 saturated heterocycles. The van der Waals surface area contributed by atoms with Gasteiger partial charge in [0.2, 0.25) is 5.91 Å². The fourth-order valence-corrected chi connectivity index (χ4v) is 3.06. The molecule has 0 aliphatic heterocycles. The summed E-state index contributed by atoms with van der Waals surface area (Å²) in [5, 5.41) is 9.41. The predicted octanol–water partition coefficient (Wildman–Crippen LogP) is 3.89. The van der Waals surface area contributed by atoms with Gasteiger partial charge in [-0.3, -0.25) is 9.59 Å². The molecule has 6 heteroatoms. The number of hydrogen-bond donors (Lipinski definition) is 1. The quantitative estimate of drug-likeness (QED) is 0.824. The van der Waals surface area contributed by atoms with E-state index in [1.165, 1.54) is 11.3 Å². The maximum Gasteiger partial charge on any atom is 0.310 e. The second kappa shape index (κ2) is 7.27. The molecule has 1 rings (SSSR count). The zero-order valence-corrected chi connectivity index (χ0v) is 14.4. The van der Waals surface area contributed by atoms with Crippen LogP contribution < -0.4 is 0 Å². The molecule has 1 unspecified atom stereocenters. The van der Waals surface area contributed by atoms with Gasteiger partial charge in [-0.1, -0.05) is 25.4 Å². The highest BCUT2D eigenvalue weighted by Crippen LogP contribution is 2.32. The van der Waals surface area contributed by atoms with Crippen molar-refractivity contribution in [3.63, 3.8) is 0 Å². The van der Waals surface area contributed by atoms with Crippen LogP contribution in [-0.4, -0.2) is 28.4 Å². The number of nitrogens with zero attached hydrogens (tertiary/aromatic N) is 1. The zero-order valence-electron chi connectivity index (χ0n) is 12.9. The van der Waals surface area contributed by atoms with Gasteiger partial charge in [0.25, 0.3) is 0 Å². The topological polar surface area (TPSA) is 57.6 Å². The van der Waals surface area contributed by atoms with Crippen molar-refractivity contribution in [1.82, 2.24) is 4.90 Å². The highest BCUT2D eigenvalue weighted by Gasteiger charge is 2.39. The predicted molar refractivity (Wildman–Crippen MR) is 85.6 cm³/mol. The molecule has 0 radical (unpaired) electrons. The molecule has 0 aliphatic carbocycles. The Morgan fingerprint density at radius 2 is 2.05 bits per heavy atom. The maximum atomic E-state index is 12.4. The molecule has 0 aliphatic rings. The lowest BCUT2D eigenvalue weighted by Gasteiger charge is -2.31. The molecule has 0 saturated carbocycles. The van der Waals surface area contributed by atoms with Crippen LogP contribution in [0.1, 0.15) is 39.0 Å². The molecule has 1 atom stereocenters. The molecule has 0 spiro atoms. The largest absolute Gasteiger partial charge is 0.481 e. The number of carbonyl (C=O) groups excluding carboxylic acids is 1. The van der Waals surface area contributed by atoms with E-state index in [-0.39, 0.29) is 18.2 Å². The fraction of sp³-hybridized carbons (Fsp3) is 0.600. The molecule has 1 heterocycles. The van der Waals surface area contributed by atoms with Crippen LogP contribution in [0, 0.1) is 11.3 Å². The summed E-state index contributed by atoms with van der Waals surface area (Å²) in [6.45, 7) is 8.20. The third-order valence-corrected chi connectivity index (χ3v) is 5.21. The number of carboxylic acids is 1. The lowest BCUT2D eigenvalue weighted by molar-refractivity contribution is -0.155. The summed E-state index contributed by atoms with van der Waals surface area (Å²) >= 11 is 7.33. The molecule has 4 nitrogen and oxygen atoms in total. The Kier molecular flexibility index (Phi) is 6.23. The van der Waals surface area contributed by atoms with Crippen molar-refractivity contribution >= 4 is 34.8 Å². The van der Waals surface area contributed by atoms with Gasteiger partial charge in [0.1, 0.15) is 0 Å². The Hall–Kier alpha value is -1.07. The van der Waals surface area contributed by atoms with Crippen LogP contribution in [0.4, 0.5) is 0 Å². The molecule has 1 aromatic rings. The van der Waals surface area contributed by atoms with Crippen molar-refractivity contribution < 1.29 is 14.7 Å². The van der Waals surface area contributed by atoms with Gasteiger partial charge in [-0.25, -0.2) is 0 Å². The highest BCUT2D eigenvalue weighted by molar-refractivity contribution is 7.16. The first kappa shape index (κ1) is 18.0. The van der Waals surface area contributed by atoms with Crippen molar-refractivity contribution in [3.8, 4) is 0 Å². The van der Waals surface area contributed by atoms with Crippen LogP contribution in [0.25, 0.3) is 0 Å². The monoisotopic (exact) mass is 331 g/mol. The van der Waals surface area contributed by atoms with E-state index in [1.807, 2.05) is 26.8 Å². The summed E-state index contributed by atoms with van der Waals surface area (Å²) in [5.74, 6) is -1.18. The zero-order chi connectivity index (χ0) is 16.2. The van der Waals surface area contributed by atoms with Gasteiger partial charge in [0.05, 0.1) is 16.3 Å². The normalized spacial score (nSPS) is 14.0. The second-order valence-corrected chi connectivity index (χ2v) is 7.47. The van der Waals surface area contributed by atoms with Crippen LogP contribution in [0.2, 0.25) is 4.34 Å². The Balaban J connectivity index is 2.81. The summed E-state index contributed by atoms with van der Waals surface area (Å²) in [6, 6.07) is 3.69. The lowest BCUT2D eigenvalue weighted by Crippen LogP contribution is -2.40. The standard InChI is InChI=1S/C15H22ClNO3S/c1-5-17(9-11-6-7-12(16)21-11)13(18)8-15(4,10(2)3)14(19)20/h6-7,10H,5,8-9H2,1-4H3,(H,19,20). The van der Waals surface area contributed by atoms with Gasteiger partial charge in [0.15, 0.2) is 0 Å². The number of hydrogen-bond acceptors (Lipinski definition) is 3. The molecular weight excluding hydrogens is 310 g/mol. The van der Waals surface area contributed by atoms with E-state index in [1.54, 1.807) is 17.9 Å². The van der Waals surface area contributed by atoms with E-state index >= 15 is 0 Å². The van der Waals surface area contributed by atoms with Crippen LogP contribution in [-0.2, 0) is 16.1 Å². The van der Waals surface area contributed by atoms with Gasteiger partial charge in [-0.05, 0) is 31.9 Å². The highest BCUT2D eigenvalue weighted by atomic mass is 35.5. The van der Waals surface area contributed by atoms with Crippen LogP contribution >= 0.6 is 22.9 Å². The summed E-state index contributed by atoms with van der Waals surface area (Å²) < 4.78 is 0.686. The number of halogens is 1. The number of carboxylic acid groups (broad SMARTS) is 1. The van der Waals surface area contributed by atoms with Gasteiger partial charge >= 0.3 is 5.97 Å². The van der Waals surface area contributed by atoms with Crippen molar-refractivity contribution in [1.29, 1.82) is 0 Å². The minimum absolute atomic E-state index is 0.00689. The summed E-state index contributed by atoms with van der Waals surface area (Å²) in [5.41, 5.74) is -1.04. The number of aliphatic carboxylic acids is 1. The third-order valence-electron chi connectivity index (χ3n) is 3.99. The molecule has 1 amide bonds. The molecule has 0 fully saturated rings. The van der Waals surface area contributed by atoms with E-state index in [4.69, 9.17) is 11.6 Å². The number of rotatable bonds is 7. The average Bonchev–Trinajstić information content (AvgIpc) is 2.80. The first-order chi connectivity index (χ1) is 9.70. The minimum atomic E-state index is -1.04. The first-order valence-corrected chi connectivity index (χ1v) is 8.15. The first-order valence-electron chi connectivity index (χ1n) is 6.96. The SMILES string of the molecule is CCN(Cc1ccc(Cl)s1)C(=O)CC(C)(C(=O)O)C(C)C. The Morgan fingerprint density at radius 3 is 2.43 bits per heavy atom. The van der Waals surface area contributed by atoms with Crippen LogP contribution in [0.3, 0.4) is 0 Å². The number of amides is 1. The maximum absolute atomic E-state index is 12.4. The summed E-state index contributed by atoms with van der Waals surface area (Å²) in [4.78, 5) is 26.6. The van der Waals surface area contributed by atoms with E-state index in [2.05, 4.69) is 0 Å². The van der Waals surface area contributed by atoms with Crippen molar-refractivity contribution in [2.45, 2.75) is 40.7 Å². The fourth-order valence-electron chi connectivity index (χ4n) is 1.95. The Bertz CT molecular complexity index is 515. The molecule has 1 N–H and O–H groups in total. The van der Waals surface area contributed by atoms with E-state index < -0.39 is 11.4 Å². The Morgan fingerprint density at radius 1 is 1.43 bits per heavy atom.